The topological polar surface area (TPSA) is 72.8 Å². The second kappa shape index (κ2) is 9.20. The average Bonchev–Trinajstić information content (AvgIpc) is 2.65. The number of aliphatic hydroxyl groups excluding tert-OH is 2. The first kappa shape index (κ1) is 19.0. The molecule has 0 radical (unpaired) electrons. The van der Waals surface area contributed by atoms with Crippen LogP contribution in [0.15, 0.2) is 42.5 Å². The molecular weight excluding hydrogens is 316 g/mol. The maximum atomic E-state index is 12.4. The molecule has 0 saturated carbocycles. The van der Waals surface area contributed by atoms with Crippen molar-refractivity contribution in [2.24, 2.45) is 0 Å². The van der Waals surface area contributed by atoms with E-state index in [0.717, 1.165) is 25.1 Å². The molecule has 0 aromatic heterocycles. The van der Waals surface area contributed by atoms with Crippen molar-refractivity contribution in [1.82, 2.24) is 0 Å². The van der Waals surface area contributed by atoms with Crippen LogP contribution in [0.1, 0.15) is 41.3 Å². The summed E-state index contributed by atoms with van der Waals surface area (Å²) >= 11 is 0. The molecule has 2 aromatic rings. The second-order valence-corrected chi connectivity index (χ2v) is 6.13. The van der Waals surface area contributed by atoms with Gasteiger partial charge in [-0.2, -0.15) is 0 Å². The quantitative estimate of drug-likeness (QED) is 0.689. The highest BCUT2D eigenvalue weighted by molar-refractivity contribution is 6.04. The van der Waals surface area contributed by atoms with Crippen molar-refractivity contribution in [2.75, 3.05) is 23.8 Å². The number of rotatable bonds is 8. The zero-order chi connectivity index (χ0) is 18.2. The van der Waals surface area contributed by atoms with Gasteiger partial charge in [0.05, 0.1) is 13.2 Å². The monoisotopic (exact) mass is 342 g/mol. The van der Waals surface area contributed by atoms with Crippen LogP contribution in [0, 0.1) is 0 Å². The average molecular weight is 342 g/mol. The van der Waals surface area contributed by atoms with E-state index >= 15 is 0 Å². The number of unbranched alkanes of at least 4 members (excludes halogenated alkanes) is 1. The van der Waals surface area contributed by atoms with E-state index in [2.05, 4.69) is 17.1 Å². The van der Waals surface area contributed by atoms with E-state index in [4.69, 9.17) is 0 Å². The summed E-state index contributed by atoms with van der Waals surface area (Å²) in [4.78, 5) is 14.6. The molecule has 0 spiro atoms. The van der Waals surface area contributed by atoms with Gasteiger partial charge in [-0.05, 0) is 53.9 Å². The number of carbonyl (C=O) groups is 1. The SMILES string of the molecule is CCCCN(C)c1ccc(C(=O)Nc2cc(CO)cc(CO)c2)cc1. The number of anilines is 2. The lowest BCUT2D eigenvalue weighted by atomic mass is 10.1. The minimum absolute atomic E-state index is 0.143. The third-order valence-electron chi connectivity index (χ3n) is 4.09. The molecule has 1 amide bonds. The van der Waals surface area contributed by atoms with E-state index in [1.54, 1.807) is 30.3 Å². The number of hydrogen-bond acceptors (Lipinski definition) is 4. The third kappa shape index (κ3) is 5.31. The summed E-state index contributed by atoms with van der Waals surface area (Å²) in [6.45, 7) is 2.86. The maximum Gasteiger partial charge on any atom is 0.255 e. The van der Waals surface area contributed by atoms with Gasteiger partial charge in [-0.3, -0.25) is 4.79 Å². The largest absolute Gasteiger partial charge is 0.392 e. The van der Waals surface area contributed by atoms with E-state index in [0.29, 0.717) is 22.4 Å². The van der Waals surface area contributed by atoms with Crippen LogP contribution < -0.4 is 10.2 Å². The first-order valence-corrected chi connectivity index (χ1v) is 8.54. The fourth-order valence-corrected chi connectivity index (χ4v) is 2.61. The molecule has 0 aliphatic carbocycles. The molecule has 0 aliphatic rings. The van der Waals surface area contributed by atoms with E-state index in [9.17, 15) is 15.0 Å². The molecule has 2 aromatic carbocycles. The predicted molar refractivity (Wildman–Crippen MR) is 101 cm³/mol. The molecular formula is C20H26N2O3. The number of carbonyl (C=O) groups excluding carboxylic acids is 1. The number of nitrogens with zero attached hydrogens (tertiary/aromatic N) is 1. The Morgan fingerprint density at radius 1 is 1.04 bits per heavy atom. The van der Waals surface area contributed by atoms with E-state index in [1.165, 1.54) is 0 Å². The molecule has 0 bridgehead atoms. The number of nitrogens with one attached hydrogen (secondary N) is 1. The zero-order valence-corrected chi connectivity index (χ0v) is 14.8. The molecule has 134 valence electrons. The maximum absolute atomic E-state index is 12.4. The summed E-state index contributed by atoms with van der Waals surface area (Å²) in [6.07, 6.45) is 2.28. The van der Waals surface area contributed by atoms with Crippen LogP contribution in [0.4, 0.5) is 11.4 Å². The highest BCUT2D eigenvalue weighted by Gasteiger charge is 2.09. The smallest absolute Gasteiger partial charge is 0.255 e. The van der Waals surface area contributed by atoms with Crippen molar-refractivity contribution < 1.29 is 15.0 Å². The molecule has 0 aliphatic heterocycles. The second-order valence-electron chi connectivity index (χ2n) is 6.13. The van der Waals surface area contributed by atoms with Gasteiger partial charge in [0.2, 0.25) is 0 Å². The first-order valence-electron chi connectivity index (χ1n) is 8.54. The fourth-order valence-electron chi connectivity index (χ4n) is 2.61. The Hall–Kier alpha value is -2.37. The highest BCUT2D eigenvalue weighted by atomic mass is 16.3. The molecule has 0 saturated heterocycles. The Kier molecular flexibility index (Phi) is 6.98. The van der Waals surface area contributed by atoms with Gasteiger partial charge in [0.25, 0.3) is 5.91 Å². The lowest BCUT2D eigenvalue weighted by Gasteiger charge is -2.19. The standard InChI is InChI=1S/C20H26N2O3/c1-3-4-9-22(2)19-7-5-17(6-8-19)20(25)21-18-11-15(13-23)10-16(12-18)14-24/h5-8,10-12,23-24H,3-4,9,13-14H2,1-2H3,(H,21,25). The number of aliphatic hydroxyl groups is 2. The van der Waals surface area contributed by atoms with Crippen molar-refractivity contribution >= 4 is 17.3 Å². The predicted octanol–water partition coefficient (Wildman–Crippen LogP) is 3.16. The molecule has 25 heavy (non-hydrogen) atoms. The zero-order valence-electron chi connectivity index (χ0n) is 14.8. The molecule has 3 N–H and O–H groups in total. The fraction of sp³-hybridized carbons (Fsp3) is 0.350. The molecule has 0 atom stereocenters. The summed E-state index contributed by atoms with van der Waals surface area (Å²) < 4.78 is 0. The summed E-state index contributed by atoms with van der Waals surface area (Å²) in [6, 6.07) is 12.6. The van der Waals surface area contributed by atoms with E-state index < -0.39 is 0 Å². The van der Waals surface area contributed by atoms with Gasteiger partial charge in [-0.15, -0.1) is 0 Å². The van der Waals surface area contributed by atoms with Crippen LogP contribution in [0.25, 0.3) is 0 Å². The number of benzene rings is 2. The van der Waals surface area contributed by atoms with Gasteiger partial charge in [0.1, 0.15) is 0 Å². The molecule has 0 unspecified atom stereocenters. The Morgan fingerprint density at radius 3 is 2.16 bits per heavy atom. The minimum atomic E-state index is -0.221. The van der Waals surface area contributed by atoms with Crippen molar-refractivity contribution in [3.8, 4) is 0 Å². The van der Waals surface area contributed by atoms with Gasteiger partial charge in [-0.25, -0.2) is 0 Å². The van der Waals surface area contributed by atoms with Gasteiger partial charge in [0, 0.05) is 30.5 Å². The Morgan fingerprint density at radius 2 is 1.64 bits per heavy atom. The van der Waals surface area contributed by atoms with Gasteiger partial charge in [-0.1, -0.05) is 19.4 Å². The van der Waals surface area contributed by atoms with Gasteiger partial charge in [0.15, 0.2) is 0 Å². The summed E-state index contributed by atoms with van der Waals surface area (Å²) in [7, 11) is 2.04. The lowest BCUT2D eigenvalue weighted by molar-refractivity contribution is 0.102. The van der Waals surface area contributed by atoms with Crippen molar-refractivity contribution in [3.05, 3.63) is 59.2 Å². The van der Waals surface area contributed by atoms with E-state index in [-0.39, 0.29) is 19.1 Å². The molecule has 0 heterocycles. The molecule has 0 fully saturated rings. The normalized spacial score (nSPS) is 10.6. The summed E-state index contributed by atoms with van der Waals surface area (Å²) in [5.74, 6) is -0.221. The van der Waals surface area contributed by atoms with Crippen LogP contribution in [0.5, 0.6) is 0 Å². The van der Waals surface area contributed by atoms with Crippen molar-refractivity contribution in [2.45, 2.75) is 33.0 Å². The molecule has 5 nitrogen and oxygen atoms in total. The Bertz CT molecular complexity index is 676. The summed E-state index contributed by atoms with van der Waals surface area (Å²) in [5, 5.41) is 21.4. The van der Waals surface area contributed by atoms with Crippen LogP contribution >= 0.6 is 0 Å². The van der Waals surface area contributed by atoms with Gasteiger partial charge >= 0.3 is 0 Å². The molecule has 2 rings (SSSR count). The number of amides is 1. The van der Waals surface area contributed by atoms with Gasteiger partial charge < -0.3 is 20.4 Å². The number of hydrogen-bond donors (Lipinski definition) is 3. The first-order chi connectivity index (χ1) is 12.1. The highest BCUT2D eigenvalue weighted by Crippen LogP contribution is 2.18. The van der Waals surface area contributed by atoms with Crippen molar-refractivity contribution in [1.29, 1.82) is 0 Å². The third-order valence-corrected chi connectivity index (χ3v) is 4.09. The lowest BCUT2D eigenvalue weighted by Crippen LogP contribution is -2.18. The van der Waals surface area contributed by atoms with Crippen molar-refractivity contribution in [3.63, 3.8) is 0 Å². The Labute approximate surface area is 148 Å². The van der Waals surface area contributed by atoms with Crippen LogP contribution in [-0.4, -0.2) is 29.7 Å². The molecule has 5 heteroatoms. The van der Waals surface area contributed by atoms with Crippen LogP contribution in [-0.2, 0) is 13.2 Å². The van der Waals surface area contributed by atoms with Crippen LogP contribution in [0.3, 0.4) is 0 Å². The summed E-state index contributed by atoms with van der Waals surface area (Å²) in [5.41, 5.74) is 3.50. The van der Waals surface area contributed by atoms with Crippen LogP contribution in [0.2, 0.25) is 0 Å². The Balaban J connectivity index is 2.08. The minimum Gasteiger partial charge on any atom is -0.392 e. The van der Waals surface area contributed by atoms with E-state index in [1.807, 2.05) is 19.2 Å².